The van der Waals surface area contributed by atoms with Crippen LogP contribution in [0.2, 0.25) is 5.02 Å². The third kappa shape index (κ3) is 3.30. The van der Waals surface area contributed by atoms with Gasteiger partial charge in [0.1, 0.15) is 11.3 Å². The number of pyridine rings is 1. The molecule has 1 aromatic heterocycles. The molecule has 0 aliphatic rings. The first-order chi connectivity index (χ1) is 9.10. The highest BCUT2D eigenvalue weighted by Crippen LogP contribution is 2.34. The van der Waals surface area contributed by atoms with E-state index < -0.39 is 4.92 Å². The summed E-state index contributed by atoms with van der Waals surface area (Å²) in [6.45, 7) is 0. The number of carbonyl (C=O) groups is 1. The number of rotatable bonds is 4. The second-order valence-corrected chi connectivity index (χ2v) is 5.02. The zero-order valence-electron chi connectivity index (χ0n) is 9.45. The number of nitrogens with zero attached hydrogens (tertiary/aromatic N) is 2. The zero-order chi connectivity index (χ0) is 13.8. The summed E-state index contributed by atoms with van der Waals surface area (Å²) >= 11 is 6.86. The van der Waals surface area contributed by atoms with Gasteiger partial charge < -0.3 is 0 Å². The van der Waals surface area contributed by atoms with Gasteiger partial charge in [0.15, 0.2) is 0 Å². The van der Waals surface area contributed by atoms with Crippen LogP contribution in [0.25, 0.3) is 0 Å². The Morgan fingerprint density at radius 2 is 2.11 bits per heavy atom. The molecule has 0 spiro atoms. The molecule has 0 saturated carbocycles. The van der Waals surface area contributed by atoms with Crippen molar-refractivity contribution in [3.8, 4) is 0 Å². The van der Waals surface area contributed by atoms with Crippen molar-refractivity contribution in [1.82, 2.24) is 4.98 Å². The van der Waals surface area contributed by atoms with Crippen LogP contribution in [0.4, 0.5) is 5.69 Å². The molecule has 2 rings (SSSR count). The fraction of sp³-hybridized carbons (Fsp3) is 0. The van der Waals surface area contributed by atoms with Crippen molar-refractivity contribution < 1.29 is 9.72 Å². The Kier molecular flexibility index (Phi) is 4.13. The Labute approximate surface area is 117 Å². The van der Waals surface area contributed by atoms with E-state index in [2.05, 4.69) is 4.98 Å². The van der Waals surface area contributed by atoms with Crippen molar-refractivity contribution in [1.29, 1.82) is 0 Å². The lowest BCUT2D eigenvalue weighted by Crippen LogP contribution is -1.93. The average Bonchev–Trinajstić information content (AvgIpc) is 2.41. The zero-order valence-corrected chi connectivity index (χ0v) is 11.0. The van der Waals surface area contributed by atoms with Crippen molar-refractivity contribution in [2.24, 2.45) is 0 Å². The summed E-state index contributed by atoms with van der Waals surface area (Å²) < 4.78 is 0. The van der Waals surface area contributed by atoms with Crippen LogP contribution in [-0.2, 0) is 0 Å². The summed E-state index contributed by atoms with van der Waals surface area (Å²) in [4.78, 5) is 25.6. The molecule has 1 aromatic carbocycles. The molecule has 0 aliphatic heterocycles. The molecule has 7 heteroatoms. The second-order valence-electron chi connectivity index (χ2n) is 3.52. The van der Waals surface area contributed by atoms with E-state index in [1.165, 1.54) is 24.4 Å². The average molecular weight is 295 g/mol. The van der Waals surface area contributed by atoms with Crippen LogP contribution in [-0.4, -0.2) is 16.2 Å². The quantitative estimate of drug-likeness (QED) is 0.489. The van der Waals surface area contributed by atoms with Crippen molar-refractivity contribution in [2.75, 3.05) is 0 Å². The predicted molar refractivity (Wildman–Crippen MR) is 71.9 cm³/mol. The molecule has 2 aromatic rings. The molecule has 0 fully saturated rings. The van der Waals surface area contributed by atoms with E-state index in [1.54, 1.807) is 12.1 Å². The van der Waals surface area contributed by atoms with E-state index in [0.717, 1.165) is 11.8 Å². The minimum Gasteiger partial charge on any atom is -0.298 e. The van der Waals surface area contributed by atoms with E-state index in [9.17, 15) is 14.9 Å². The van der Waals surface area contributed by atoms with Crippen LogP contribution < -0.4 is 0 Å². The van der Waals surface area contributed by atoms with E-state index in [4.69, 9.17) is 11.6 Å². The van der Waals surface area contributed by atoms with E-state index in [-0.39, 0.29) is 11.3 Å². The Bertz CT molecular complexity index is 631. The standard InChI is InChI=1S/C12H7ClN2O3S/c13-9-2-4-12(14-6-9)19-11-3-1-8(7-16)5-10(11)15(17)18/h1-7H. The van der Waals surface area contributed by atoms with Gasteiger partial charge >= 0.3 is 0 Å². The number of hydrogen-bond acceptors (Lipinski definition) is 5. The maximum absolute atomic E-state index is 11.0. The molecule has 96 valence electrons. The molecular weight excluding hydrogens is 288 g/mol. The largest absolute Gasteiger partial charge is 0.298 e. The molecular formula is C12H7ClN2O3S. The second kappa shape index (κ2) is 5.81. The van der Waals surface area contributed by atoms with Gasteiger partial charge in [-0.2, -0.15) is 0 Å². The minimum atomic E-state index is -0.523. The Balaban J connectivity index is 2.36. The number of nitro benzene ring substituents is 1. The summed E-state index contributed by atoms with van der Waals surface area (Å²) in [7, 11) is 0. The maximum Gasteiger partial charge on any atom is 0.284 e. The van der Waals surface area contributed by atoms with Crippen molar-refractivity contribution >= 4 is 35.3 Å². The van der Waals surface area contributed by atoms with Gasteiger partial charge in [0.2, 0.25) is 0 Å². The Morgan fingerprint density at radius 3 is 2.68 bits per heavy atom. The van der Waals surface area contributed by atoms with Crippen LogP contribution in [0, 0.1) is 10.1 Å². The molecule has 0 atom stereocenters. The van der Waals surface area contributed by atoms with Gasteiger partial charge in [-0.3, -0.25) is 14.9 Å². The van der Waals surface area contributed by atoms with Crippen molar-refractivity contribution in [3.63, 3.8) is 0 Å². The van der Waals surface area contributed by atoms with Crippen LogP contribution in [0.5, 0.6) is 0 Å². The minimum absolute atomic E-state index is 0.119. The number of carbonyl (C=O) groups excluding carboxylic acids is 1. The van der Waals surface area contributed by atoms with Crippen molar-refractivity contribution in [2.45, 2.75) is 9.92 Å². The van der Waals surface area contributed by atoms with Gasteiger partial charge in [-0.15, -0.1) is 0 Å². The maximum atomic E-state index is 11.0. The summed E-state index contributed by atoms with van der Waals surface area (Å²) in [5.41, 5.74) is 0.145. The lowest BCUT2D eigenvalue weighted by atomic mass is 10.2. The van der Waals surface area contributed by atoms with Gasteiger partial charge in [-0.05, 0) is 18.2 Å². The fourth-order valence-electron chi connectivity index (χ4n) is 1.37. The number of hydrogen-bond donors (Lipinski definition) is 0. The van der Waals surface area contributed by atoms with E-state index in [1.807, 2.05) is 0 Å². The van der Waals surface area contributed by atoms with Gasteiger partial charge in [-0.1, -0.05) is 29.4 Å². The summed E-state index contributed by atoms with van der Waals surface area (Å²) in [5.74, 6) is 0. The number of benzene rings is 1. The number of halogens is 1. The first kappa shape index (κ1) is 13.5. The van der Waals surface area contributed by atoms with Gasteiger partial charge in [0.05, 0.1) is 14.8 Å². The number of aromatic nitrogens is 1. The number of aldehydes is 1. The fourth-order valence-corrected chi connectivity index (χ4v) is 2.32. The summed E-state index contributed by atoms with van der Waals surface area (Å²) in [5, 5.41) is 12.1. The van der Waals surface area contributed by atoms with Gasteiger partial charge in [0, 0.05) is 17.8 Å². The smallest absolute Gasteiger partial charge is 0.284 e. The third-order valence-electron chi connectivity index (χ3n) is 2.23. The number of nitro groups is 1. The highest BCUT2D eigenvalue weighted by Gasteiger charge is 2.16. The van der Waals surface area contributed by atoms with Crippen LogP contribution >= 0.6 is 23.4 Å². The monoisotopic (exact) mass is 294 g/mol. The summed E-state index contributed by atoms with van der Waals surface area (Å²) in [6.07, 6.45) is 2.04. The molecule has 0 unspecified atom stereocenters. The molecule has 0 radical (unpaired) electrons. The first-order valence-corrected chi connectivity index (χ1v) is 6.32. The third-order valence-corrected chi connectivity index (χ3v) is 3.47. The highest BCUT2D eigenvalue weighted by molar-refractivity contribution is 7.99. The van der Waals surface area contributed by atoms with Crippen LogP contribution in [0.3, 0.4) is 0 Å². The summed E-state index contributed by atoms with van der Waals surface area (Å²) in [6, 6.07) is 7.62. The molecule has 19 heavy (non-hydrogen) atoms. The van der Waals surface area contributed by atoms with E-state index >= 15 is 0 Å². The highest BCUT2D eigenvalue weighted by atomic mass is 35.5. The molecule has 0 bridgehead atoms. The topological polar surface area (TPSA) is 73.1 Å². The lowest BCUT2D eigenvalue weighted by Gasteiger charge is -2.03. The Morgan fingerprint density at radius 1 is 1.32 bits per heavy atom. The molecule has 0 aliphatic carbocycles. The SMILES string of the molecule is O=Cc1ccc(Sc2ccc(Cl)cn2)c([N+](=O)[O-])c1. The molecule has 0 N–H and O–H groups in total. The van der Waals surface area contributed by atoms with Crippen LogP contribution in [0.15, 0.2) is 46.5 Å². The lowest BCUT2D eigenvalue weighted by molar-refractivity contribution is -0.387. The normalized spacial score (nSPS) is 10.2. The predicted octanol–water partition coefficient (Wildman–Crippen LogP) is 3.61. The molecule has 5 nitrogen and oxygen atoms in total. The van der Waals surface area contributed by atoms with Gasteiger partial charge in [0.25, 0.3) is 5.69 Å². The molecule has 1 heterocycles. The van der Waals surface area contributed by atoms with E-state index in [0.29, 0.717) is 21.2 Å². The Hall–Kier alpha value is -1.92. The molecule has 0 saturated heterocycles. The molecule has 0 amide bonds. The van der Waals surface area contributed by atoms with Crippen molar-refractivity contribution in [3.05, 3.63) is 57.2 Å². The van der Waals surface area contributed by atoms with Gasteiger partial charge in [-0.25, -0.2) is 4.98 Å². The van der Waals surface area contributed by atoms with Crippen LogP contribution in [0.1, 0.15) is 10.4 Å². The first-order valence-electron chi connectivity index (χ1n) is 5.13.